The molecular formula is C17H29IO3Si. The number of benzene rings is 1. The maximum Gasteiger partial charge on any atom is 0.537 e. The smallest absolute Gasteiger partial charge is 0.370 e. The summed E-state index contributed by atoms with van der Waals surface area (Å²) in [6.45, 7) is 8.37. The molecule has 22 heavy (non-hydrogen) atoms. The number of alkyl halides is 1. The van der Waals surface area contributed by atoms with E-state index >= 15 is 0 Å². The topological polar surface area (TPSA) is 27.7 Å². The minimum absolute atomic E-state index is 0.676. The molecule has 0 N–H and O–H groups in total. The second kappa shape index (κ2) is 11.6. The van der Waals surface area contributed by atoms with E-state index in [4.69, 9.17) is 13.3 Å². The third-order valence-corrected chi connectivity index (χ3v) is 6.51. The van der Waals surface area contributed by atoms with Crippen LogP contribution in [-0.2, 0) is 19.7 Å². The zero-order valence-corrected chi connectivity index (χ0v) is 17.2. The molecule has 3 nitrogen and oxygen atoms in total. The van der Waals surface area contributed by atoms with Crippen LogP contribution in [-0.4, -0.2) is 33.1 Å². The van der Waals surface area contributed by atoms with E-state index < -0.39 is 8.80 Å². The molecule has 0 bridgehead atoms. The molecule has 5 heteroatoms. The zero-order valence-electron chi connectivity index (χ0n) is 14.1. The summed E-state index contributed by atoms with van der Waals surface area (Å²) in [5.74, 6) is 0. The molecule has 0 saturated carbocycles. The molecule has 0 fully saturated rings. The molecule has 0 unspecified atom stereocenters. The number of hydrogen-bond donors (Lipinski definition) is 0. The average molecular weight is 436 g/mol. The van der Waals surface area contributed by atoms with Gasteiger partial charge in [-0.05, 0) is 31.2 Å². The van der Waals surface area contributed by atoms with Crippen molar-refractivity contribution in [1.29, 1.82) is 0 Å². The van der Waals surface area contributed by atoms with Crippen molar-refractivity contribution in [3.8, 4) is 0 Å². The van der Waals surface area contributed by atoms with Crippen molar-refractivity contribution in [3.05, 3.63) is 29.8 Å². The number of hydrogen-bond acceptors (Lipinski definition) is 3. The molecule has 0 aliphatic rings. The van der Waals surface area contributed by atoms with Crippen molar-refractivity contribution in [2.45, 2.75) is 46.5 Å². The van der Waals surface area contributed by atoms with Gasteiger partial charge >= 0.3 is 8.80 Å². The van der Waals surface area contributed by atoms with Gasteiger partial charge in [0.05, 0.1) is 0 Å². The molecule has 0 aromatic heterocycles. The molecule has 0 saturated heterocycles. The molecule has 0 aliphatic heterocycles. The summed E-state index contributed by atoms with van der Waals surface area (Å²) in [4.78, 5) is 0. The molecule has 1 rings (SSSR count). The van der Waals surface area contributed by atoms with E-state index in [-0.39, 0.29) is 0 Å². The highest BCUT2D eigenvalue weighted by Gasteiger charge is 2.43. The van der Waals surface area contributed by atoms with Gasteiger partial charge in [0, 0.05) is 29.4 Å². The highest BCUT2D eigenvalue weighted by atomic mass is 127. The SMILES string of the molecule is CCCO[Si](OCCC)(OCCC)c1ccc(CCI)cc1. The molecule has 0 amide bonds. The van der Waals surface area contributed by atoms with E-state index in [1.165, 1.54) is 5.56 Å². The summed E-state index contributed by atoms with van der Waals surface area (Å²) >= 11 is 2.41. The summed E-state index contributed by atoms with van der Waals surface area (Å²) in [5, 5.41) is 1.08. The molecule has 0 aliphatic carbocycles. The van der Waals surface area contributed by atoms with E-state index in [2.05, 4.69) is 67.6 Å². The highest BCUT2D eigenvalue weighted by molar-refractivity contribution is 14.1. The Kier molecular flexibility index (Phi) is 10.6. The largest absolute Gasteiger partial charge is 0.537 e. The van der Waals surface area contributed by atoms with Gasteiger partial charge < -0.3 is 13.3 Å². The second-order valence-corrected chi connectivity index (χ2v) is 8.87. The van der Waals surface area contributed by atoms with Crippen LogP contribution in [0.15, 0.2) is 24.3 Å². The molecule has 0 radical (unpaired) electrons. The van der Waals surface area contributed by atoms with Gasteiger partial charge in [-0.3, -0.25) is 0 Å². The normalized spacial score (nSPS) is 11.8. The van der Waals surface area contributed by atoms with Gasteiger partial charge in [-0.15, -0.1) is 0 Å². The van der Waals surface area contributed by atoms with E-state index in [1.54, 1.807) is 0 Å². The molecular weight excluding hydrogens is 407 g/mol. The first-order valence-corrected chi connectivity index (χ1v) is 11.5. The summed E-state index contributed by atoms with van der Waals surface area (Å²) < 4.78 is 19.6. The average Bonchev–Trinajstić information content (AvgIpc) is 2.56. The number of halogens is 1. The lowest BCUT2D eigenvalue weighted by atomic mass is 10.2. The maximum absolute atomic E-state index is 6.16. The van der Waals surface area contributed by atoms with Gasteiger partial charge in [-0.2, -0.15) is 0 Å². The predicted octanol–water partition coefficient (Wildman–Crippen LogP) is 4.09. The Hall–Kier alpha value is 0.0469. The van der Waals surface area contributed by atoms with Crippen LogP contribution in [0.5, 0.6) is 0 Å². The van der Waals surface area contributed by atoms with Crippen molar-refractivity contribution < 1.29 is 13.3 Å². The van der Waals surface area contributed by atoms with E-state index in [0.29, 0.717) is 19.8 Å². The lowest BCUT2D eigenvalue weighted by molar-refractivity contribution is 0.0732. The Balaban J connectivity index is 3.01. The van der Waals surface area contributed by atoms with E-state index in [0.717, 1.165) is 35.3 Å². The first-order chi connectivity index (χ1) is 10.7. The van der Waals surface area contributed by atoms with Crippen LogP contribution in [0, 0.1) is 0 Å². The zero-order chi connectivity index (χ0) is 16.3. The monoisotopic (exact) mass is 436 g/mol. The van der Waals surface area contributed by atoms with Crippen LogP contribution in [0.3, 0.4) is 0 Å². The van der Waals surface area contributed by atoms with Crippen molar-refractivity contribution in [2.24, 2.45) is 0 Å². The standard InChI is InChI=1S/C17H29IO3Si/c1-4-13-19-22(20-14-5-2,21-15-6-3)17-9-7-16(8-10-17)11-12-18/h7-10H,4-6,11-15H2,1-3H3. The summed E-state index contributed by atoms with van der Waals surface area (Å²) in [7, 11) is -2.78. The van der Waals surface area contributed by atoms with Crippen LogP contribution in [0.4, 0.5) is 0 Å². The van der Waals surface area contributed by atoms with Crippen LogP contribution in [0.25, 0.3) is 0 Å². The fraction of sp³-hybridized carbons (Fsp3) is 0.647. The van der Waals surface area contributed by atoms with Gasteiger partial charge in [-0.1, -0.05) is 67.6 Å². The summed E-state index contributed by atoms with van der Waals surface area (Å²) in [5.41, 5.74) is 1.35. The summed E-state index contributed by atoms with van der Waals surface area (Å²) in [6, 6.07) is 8.62. The Morgan fingerprint density at radius 2 is 1.27 bits per heavy atom. The van der Waals surface area contributed by atoms with Crippen molar-refractivity contribution in [2.75, 3.05) is 24.2 Å². The Labute approximate surface area is 150 Å². The highest BCUT2D eigenvalue weighted by Crippen LogP contribution is 2.14. The third kappa shape index (κ3) is 6.27. The van der Waals surface area contributed by atoms with Crippen LogP contribution >= 0.6 is 22.6 Å². The Morgan fingerprint density at radius 1 is 0.818 bits per heavy atom. The van der Waals surface area contributed by atoms with Crippen molar-refractivity contribution in [1.82, 2.24) is 0 Å². The number of aryl methyl sites for hydroxylation is 1. The van der Waals surface area contributed by atoms with Crippen molar-refractivity contribution in [3.63, 3.8) is 0 Å². The minimum atomic E-state index is -2.78. The fourth-order valence-electron chi connectivity index (χ4n) is 2.07. The van der Waals surface area contributed by atoms with Crippen LogP contribution < -0.4 is 5.19 Å². The Bertz CT molecular complexity index is 376. The molecule has 126 valence electrons. The molecule has 1 aromatic rings. The third-order valence-electron chi connectivity index (χ3n) is 3.18. The molecule has 0 heterocycles. The Morgan fingerprint density at radius 3 is 1.64 bits per heavy atom. The van der Waals surface area contributed by atoms with Gasteiger partial charge in [-0.25, -0.2) is 0 Å². The van der Waals surface area contributed by atoms with Gasteiger partial charge in [0.15, 0.2) is 0 Å². The first-order valence-electron chi connectivity index (χ1n) is 8.29. The van der Waals surface area contributed by atoms with Crippen LogP contribution in [0.2, 0.25) is 0 Å². The second-order valence-electron chi connectivity index (χ2n) is 5.24. The predicted molar refractivity (Wildman–Crippen MR) is 103 cm³/mol. The summed E-state index contributed by atoms with van der Waals surface area (Å²) in [6.07, 6.45) is 3.99. The fourth-order valence-corrected chi connectivity index (χ4v) is 5.44. The lowest BCUT2D eigenvalue weighted by Crippen LogP contribution is -2.57. The molecule has 0 spiro atoms. The van der Waals surface area contributed by atoms with Crippen LogP contribution in [0.1, 0.15) is 45.6 Å². The minimum Gasteiger partial charge on any atom is -0.370 e. The van der Waals surface area contributed by atoms with E-state index in [9.17, 15) is 0 Å². The van der Waals surface area contributed by atoms with Gasteiger partial charge in [0.25, 0.3) is 0 Å². The maximum atomic E-state index is 6.16. The van der Waals surface area contributed by atoms with Gasteiger partial charge in [0.2, 0.25) is 0 Å². The lowest BCUT2D eigenvalue weighted by Gasteiger charge is -2.30. The molecule has 0 atom stereocenters. The number of rotatable bonds is 12. The first kappa shape index (κ1) is 20.1. The van der Waals surface area contributed by atoms with Crippen molar-refractivity contribution >= 4 is 36.6 Å². The van der Waals surface area contributed by atoms with E-state index in [1.807, 2.05) is 0 Å². The molecule has 1 aromatic carbocycles. The van der Waals surface area contributed by atoms with Gasteiger partial charge in [0.1, 0.15) is 0 Å². The quantitative estimate of drug-likeness (QED) is 0.281.